The summed E-state index contributed by atoms with van der Waals surface area (Å²) < 4.78 is 0.764. The lowest BCUT2D eigenvalue weighted by molar-refractivity contribution is 0.721. The van der Waals surface area contributed by atoms with Crippen LogP contribution in [0.3, 0.4) is 0 Å². The van der Waals surface area contributed by atoms with E-state index < -0.39 is 0 Å². The highest BCUT2D eigenvalue weighted by Crippen LogP contribution is 1.96. The Bertz CT molecular complexity index is 125. The van der Waals surface area contributed by atoms with Crippen LogP contribution in [-0.2, 0) is 0 Å². The van der Waals surface area contributed by atoms with Gasteiger partial charge in [-0.2, -0.15) is 5.26 Å². The molecule has 0 fully saturated rings. The zero-order valence-electron chi connectivity index (χ0n) is 3.96. The molecule has 0 aliphatic carbocycles. The van der Waals surface area contributed by atoms with Crippen LogP contribution in [0, 0.1) is 16.1 Å². The smallest absolute Gasteiger partial charge is 0.214 e. The van der Waals surface area contributed by atoms with Gasteiger partial charge in [0.05, 0.1) is 11.9 Å². The van der Waals surface area contributed by atoms with Gasteiger partial charge in [0.2, 0.25) is 5.96 Å². The molecule has 0 aliphatic rings. The fraction of sp³-hybridized carbons (Fsp3) is 0. The van der Waals surface area contributed by atoms with Crippen molar-refractivity contribution in [3.05, 3.63) is 0 Å². The molecule has 0 aromatic carbocycles. The van der Waals surface area contributed by atoms with E-state index in [1.807, 2.05) is 0 Å². The Morgan fingerprint density at radius 1 is 1.88 bits per heavy atom. The maximum Gasteiger partial charge on any atom is 0.214 e. The van der Waals surface area contributed by atoms with Gasteiger partial charge in [0.25, 0.3) is 0 Å². The highest BCUT2D eigenvalue weighted by Gasteiger charge is 1.96. The van der Waals surface area contributed by atoms with E-state index in [0.717, 1.165) is 4.41 Å². The fourth-order valence-corrected chi connectivity index (χ4v) is 0.279. The van der Waals surface area contributed by atoms with Crippen molar-refractivity contribution in [3.63, 3.8) is 0 Å². The molecule has 0 saturated heterocycles. The van der Waals surface area contributed by atoms with E-state index in [1.165, 1.54) is 0 Å². The molecule has 8 heavy (non-hydrogen) atoms. The van der Waals surface area contributed by atoms with Crippen molar-refractivity contribution in [2.75, 3.05) is 0 Å². The molecule has 0 unspecified atom stereocenters. The molecule has 0 amide bonds. The predicted molar refractivity (Wildman–Crippen MR) is 31.1 cm³/mol. The van der Waals surface area contributed by atoms with Crippen molar-refractivity contribution < 1.29 is 0 Å². The Morgan fingerprint density at radius 3 is 2.50 bits per heavy atom. The molecule has 6 heteroatoms. The Morgan fingerprint density at radius 2 is 2.38 bits per heavy atom. The van der Waals surface area contributed by atoms with Crippen LogP contribution in [0.1, 0.15) is 0 Å². The molecule has 5 nitrogen and oxygen atoms in total. The molecule has 5 N–H and O–H groups in total. The SMILES string of the molecule is N#CSN(N)C(=N)N. The lowest BCUT2D eigenvalue weighted by Crippen LogP contribution is -2.35. The molecule has 0 aromatic rings. The second-order valence-electron chi connectivity index (χ2n) is 0.894. The second kappa shape index (κ2) is 3.12. The van der Waals surface area contributed by atoms with Gasteiger partial charge in [0.1, 0.15) is 0 Å². The van der Waals surface area contributed by atoms with Gasteiger partial charge in [-0.15, -0.1) is 0 Å². The van der Waals surface area contributed by atoms with E-state index in [9.17, 15) is 0 Å². The number of hydrogen-bond donors (Lipinski definition) is 3. The second-order valence-corrected chi connectivity index (χ2v) is 1.65. The van der Waals surface area contributed by atoms with E-state index >= 15 is 0 Å². The first kappa shape index (κ1) is 7.07. The van der Waals surface area contributed by atoms with Gasteiger partial charge in [0, 0.05) is 0 Å². The van der Waals surface area contributed by atoms with Gasteiger partial charge in [-0.1, -0.05) is 0 Å². The van der Waals surface area contributed by atoms with Gasteiger partial charge < -0.3 is 5.73 Å². The summed E-state index contributed by atoms with van der Waals surface area (Å²) in [5, 5.41) is 16.2. The third kappa shape index (κ3) is 2.28. The molecular weight excluding hydrogens is 126 g/mol. The first-order valence-corrected chi connectivity index (χ1v) is 2.40. The number of nitrogens with zero attached hydrogens (tertiary/aromatic N) is 2. The minimum atomic E-state index is -0.337. The van der Waals surface area contributed by atoms with Crippen LogP contribution in [0.15, 0.2) is 0 Å². The van der Waals surface area contributed by atoms with Crippen LogP contribution >= 0.6 is 11.9 Å². The Kier molecular flexibility index (Phi) is 2.76. The third-order valence-electron chi connectivity index (χ3n) is 0.377. The van der Waals surface area contributed by atoms with E-state index in [2.05, 4.69) is 0 Å². The molecule has 0 aliphatic heterocycles. The van der Waals surface area contributed by atoms with Crippen LogP contribution in [0.25, 0.3) is 0 Å². The summed E-state index contributed by atoms with van der Waals surface area (Å²) in [5.74, 6) is 4.61. The number of hydrazine groups is 1. The number of hydrogen-bond acceptors (Lipinski definition) is 4. The maximum absolute atomic E-state index is 7.92. The number of nitrogens with two attached hydrogens (primary N) is 2. The van der Waals surface area contributed by atoms with E-state index in [0.29, 0.717) is 11.9 Å². The number of thiocyanates is 1. The van der Waals surface area contributed by atoms with Crippen molar-refractivity contribution in [2.45, 2.75) is 0 Å². The Hall–Kier alpha value is -0.930. The zero-order valence-corrected chi connectivity index (χ0v) is 4.77. The largest absolute Gasteiger partial charge is 0.368 e. The number of rotatable bonds is 1. The molecule has 0 rings (SSSR count). The highest BCUT2D eigenvalue weighted by molar-refractivity contribution is 8.01. The van der Waals surface area contributed by atoms with Crippen LogP contribution in [0.2, 0.25) is 0 Å². The summed E-state index contributed by atoms with van der Waals surface area (Å²) in [7, 11) is 0. The number of nitriles is 1. The number of guanidine groups is 1. The molecule has 44 valence electrons. The van der Waals surface area contributed by atoms with E-state index in [-0.39, 0.29) is 5.96 Å². The molecular formula is C2H5N5S. The molecule has 0 atom stereocenters. The molecule has 0 bridgehead atoms. The van der Waals surface area contributed by atoms with Crippen LogP contribution in [-0.4, -0.2) is 10.4 Å². The third-order valence-corrected chi connectivity index (χ3v) is 0.852. The van der Waals surface area contributed by atoms with Gasteiger partial charge in [-0.05, 0) is 0 Å². The lowest BCUT2D eigenvalue weighted by Gasteiger charge is -2.06. The first-order chi connectivity index (χ1) is 3.68. The van der Waals surface area contributed by atoms with Crippen molar-refractivity contribution in [1.29, 1.82) is 10.7 Å². The standard InChI is InChI=1S/C2H5N5S/c3-1-8-7(6)2(4)5/h6H2,(H3,4,5). The van der Waals surface area contributed by atoms with Gasteiger partial charge >= 0.3 is 0 Å². The van der Waals surface area contributed by atoms with Crippen molar-refractivity contribution >= 4 is 17.9 Å². The van der Waals surface area contributed by atoms with Crippen LogP contribution in [0.4, 0.5) is 0 Å². The normalized spacial score (nSPS) is 7.50. The predicted octanol–water partition coefficient (Wildman–Crippen LogP) is -0.815. The minimum absolute atomic E-state index is 0.337. The first-order valence-electron chi connectivity index (χ1n) is 1.63. The van der Waals surface area contributed by atoms with Crippen molar-refractivity contribution in [2.24, 2.45) is 11.6 Å². The molecule has 0 saturated carbocycles. The summed E-state index contributed by atoms with van der Waals surface area (Å²) in [5.41, 5.74) is 4.83. The summed E-state index contributed by atoms with van der Waals surface area (Å²) >= 11 is 0.606. The monoisotopic (exact) mass is 131 g/mol. The molecule has 0 heterocycles. The lowest BCUT2D eigenvalue weighted by atomic mass is 11.1. The molecule has 0 radical (unpaired) electrons. The zero-order chi connectivity index (χ0) is 6.57. The van der Waals surface area contributed by atoms with E-state index in [4.69, 9.17) is 22.2 Å². The average Bonchev–Trinajstić information content (AvgIpc) is 1.67. The summed E-state index contributed by atoms with van der Waals surface area (Å²) in [6.45, 7) is 0. The molecule has 0 spiro atoms. The van der Waals surface area contributed by atoms with Gasteiger partial charge in [0.15, 0.2) is 5.40 Å². The fourth-order valence-electron chi connectivity index (χ4n) is 0.0932. The van der Waals surface area contributed by atoms with Crippen LogP contribution in [0.5, 0.6) is 0 Å². The van der Waals surface area contributed by atoms with Crippen molar-refractivity contribution in [1.82, 2.24) is 4.41 Å². The maximum atomic E-state index is 7.92. The molecule has 0 aromatic heterocycles. The number of nitrogens with one attached hydrogen (secondary N) is 1. The summed E-state index contributed by atoms with van der Waals surface area (Å²) in [6, 6.07) is 0. The topological polar surface area (TPSA) is 103 Å². The van der Waals surface area contributed by atoms with Crippen LogP contribution < -0.4 is 11.6 Å². The Balaban J connectivity index is 3.52. The van der Waals surface area contributed by atoms with E-state index in [1.54, 1.807) is 5.40 Å². The minimum Gasteiger partial charge on any atom is -0.368 e. The Labute approximate surface area is 50.9 Å². The quantitative estimate of drug-likeness (QED) is 0.108. The summed E-state index contributed by atoms with van der Waals surface area (Å²) in [6.07, 6.45) is 0. The van der Waals surface area contributed by atoms with Gasteiger partial charge in [-0.3, -0.25) is 5.41 Å². The van der Waals surface area contributed by atoms with Gasteiger partial charge in [-0.25, -0.2) is 10.3 Å². The van der Waals surface area contributed by atoms with Crippen molar-refractivity contribution in [3.8, 4) is 5.40 Å². The average molecular weight is 131 g/mol. The summed E-state index contributed by atoms with van der Waals surface area (Å²) in [4.78, 5) is 0. The highest BCUT2D eigenvalue weighted by atomic mass is 32.2.